The van der Waals surface area contributed by atoms with E-state index in [1.807, 2.05) is 30.0 Å². The summed E-state index contributed by atoms with van der Waals surface area (Å²) in [4.78, 5) is 14.0. The average molecular weight is 262 g/mol. The number of carbonyl (C=O) groups is 1. The quantitative estimate of drug-likeness (QED) is 0.858. The van der Waals surface area contributed by atoms with Crippen LogP contribution in [0.1, 0.15) is 30.5 Å². The van der Waals surface area contributed by atoms with Crippen LogP contribution in [0.25, 0.3) is 0 Å². The minimum Gasteiger partial charge on any atom is -0.392 e. The Labute approximate surface area is 114 Å². The molecule has 0 aromatic heterocycles. The second-order valence-corrected chi connectivity index (χ2v) is 5.32. The first-order valence-electron chi connectivity index (χ1n) is 6.81. The third-order valence-corrected chi connectivity index (χ3v) is 3.65. The van der Waals surface area contributed by atoms with Crippen LogP contribution in [0.4, 0.5) is 0 Å². The number of amides is 1. The number of rotatable bonds is 4. The maximum atomic E-state index is 12.0. The molecule has 19 heavy (non-hydrogen) atoms. The lowest BCUT2D eigenvalue weighted by Crippen LogP contribution is -2.37. The molecule has 1 heterocycles. The number of aliphatic hydroxyl groups excluding tert-OH is 1. The molecule has 1 aromatic rings. The van der Waals surface area contributed by atoms with E-state index >= 15 is 0 Å². The van der Waals surface area contributed by atoms with Crippen molar-refractivity contribution in [1.82, 2.24) is 10.2 Å². The minimum absolute atomic E-state index is 0.0150. The molecule has 2 unspecified atom stereocenters. The molecule has 0 saturated carbocycles. The molecule has 4 nitrogen and oxygen atoms in total. The molecule has 1 saturated heterocycles. The lowest BCUT2D eigenvalue weighted by molar-refractivity contribution is -0.122. The Kier molecular flexibility index (Phi) is 4.56. The van der Waals surface area contributed by atoms with Gasteiger partial charge in [-0.1, -0.05) is 24.3 Å². The van der Waals surface area contributed by atoms with Crippen LogP contribution < -0.4 is 5.32 Å². The molecule has 2 atom stereocenters. The lowest BCUT2D eigenvalue weighted by Gasteiger charge is -2.19. The van der Waals surface area contributed by atoms with Crippen LogP contribution in [0.5, 0.6) is 0 Å². The molecule has 0 bridgehead atoms. The summed E-state index contributed by atoms with van der Waals surface area (Å²) in [5.41, 5.74) is 2.34. The highest BCUT2D eigenvalue weighted by Crippen LogP contribution is 2.16. The summed E-state index contributed by atoms with van der Waals surface area (Å²) in [5.74, 6) is 0.0184. The predicted octanol–water partition coefficient (Wildman–Crippen LogP) is 1.24. The van der Waals surface area contributed by atoms with Gasteiger partial charge in [0.1, 0.15) is 0 Å². The maximum Gasteiger partial charge on any atom is 0.234 e. The molecule has 1 fully saturated rings. The molecule has 1 aliphatic heterocycles. The van der Waals surface area contributed by atoms with Gasteiger partial charge in [0, 0.05) is 13.1 Å². The van der Waals surface area contributed by atoms with E-state index in [0.717, 1.165) is 18.5 Å². The minimum atomic E-state index is -0.276. The van der Waals surface area contributed by atoms with Gasteiger partial charge in [-0.3, -0.25) is 9.69 Å². The second-order valence-electron chi connectivity index (χ2n) is 5.32. The van der Waals surface area contributed by atoms with Gasteiger partial charge in [0.05, 0.1) is 18.7 Å². The van der Waals surface area contributed by atoms with Gasteiger partial charge in [0.15, 0.2) is 0 Å². The van der Waals surface area contributed by atoms with Gasteiger partial charge in [0.25, 0.3) is 0 Å². The van der Waals surface area contributed by atoms with Crippen molar-refractivity contribution < 1.29 is 9.90 Å². The predicted molar refractivity (Wildman–Crippen MR) is 74.8 cm³/mol. The number of aryl methyl sites for hydroxylation is 1. The Morgan fingerprint density at radius 3 is 2.89 bits per heavy atom. The van der Waals surface area contributed by atoms with Crippen LogP contribution in [0.2, 0.25) is 0 Å². The molecule has 2 N–H and O–H groups in total. The summed E-state index contributed by atoms with van der Waals surface area (Å²) in [6, 6.07) is 8.09. The number of β-amino-alcohol motifs (C(OH)–C–C–N with tert-alkyl or cyclic N) is 1. The molecule has 0 aliphatic carbocycles. The van der Waals surface area contributed by atoms with E-state index in [1.165, 1.54) is 5.56 Å². The van der Waals surface area contributed by atoms with Crippen LogP contribution in [-0.4, -0.2) is 41.7 Å². The normalized spacial score (nSPS) is 21.3. The van der Waals surface area contributed by atoms with E-state index in [2.05, 4.69) is 18.3 Å². The molecule has 4 heteroatoms. The number of benzene rings is 1. The highest BCUT2D eigenvalue weighted by molar-refractivity contribution is 5.78. The number of nitrogens with zero attached hydrogens (tertiary/aromatic N) is 1. The number of hydrogen-bond acceptors (Lipinski definition) is 3. The van der Waals surface area contributed by atoms with Gasteiger partial charge in [0.2, 0.25) is 5.91 Å². The third kappa shape index (κ3) is 3.78. The third-order valence-electron chi connectivity index (χ3n) is 3.65. The van der Waals surface area contributed by atoms with Crippen molar-refractivity contribution in [3.8, 4) is 0 Å². The van der Waals surface area contributed by atoms with Crippen molar-refractivity contribution in [3.05, 3.63) is 35.4 Å². The van der Waals surface area contributed by atoms with Gasteiger partial charge in [-0.25, -0.2) is 0 Å². The fourth-order valence-electron chi connectivity index (χ4n) is 2.60. The van der Waals surface area contributed by atoms with E-state index in [1.54, 1.807) is 0 Å². The van der Waals surface area contributed by atoms with Crippen molar-refractivity contribution >= 4 is 5.91 Å². The highest BCUT2D eigenvalue weighted by Gasteiger charge is 2.22. The fraction of sp³-hybridized carbons (Fsp3) is 0.533. The molecule has 1 aromatic carbocycles. The van der Waals surface area contributed by atoms with Gasteiger partial charge < -0.3 is 10.4 Å². The van der Waals surface area contributed by atoms with Crippen LogP contribution in [-0.2, 0) is 4.79 Å². The highest BCUT2D eigenvalue weighted by atomic mass is 16.3. The Bertz CT molecular complexity index is 448. The van der Waals surface area contributed by atoms with Gasteiger partial charge in [-0.15, -0.1) is 0 Å². The molecular formula is C15H22N2O2. The zero-order chi connectivity index (χ0) is 13.8. The Morgan fingerprint density at radius 1 is 1.53 bits per heavy atom. The first-order chi connectivity index (χ1) is 9.06. The maximum absolute atomic E-state index is 12.0. The van der Waals surface area contributed by atoms with Crippen LogP contribution >= 0.6 is 0 Å². The number of nitrogens with one attached hydrogen (secondary N) is 1. The van der Waals surface area contributed by atoms with Crippen molar-refractivity contribution in [2.24, 2.45) is 0 Å². The first kappa shape index (κ1) is 14.0. The number of aliphatic hydroxyl groups is 1. The summed E-state index contributed by atoms with van der Waals surface area (Å²) in [7, 11) is 0. The van der Waals surface area contributed by atoms with E-state index in [0.29, 0.717) is 13.1 Å². The summed E-state index contributed by atoms with van der Waals surface area (Å²) in [6.45, 7) is 5.82. The summed E-state index contributed by atoms with van der Waals surface area (Å²) in [5, 5.41) is 12.5. The van der Waals surface area contributed by atoms with Crippen molar-refractivity contribution in [1.29, 1.82) is 0 Å². The Hall–Kier alpha value is -1.39. The van der Waals surface area contributed by atoms with Crippen LogP contribution in [0, 0.1) is 6.92 Å². The molecule has 1 aliphatic rings. The molecule has 0 spiro atoms. The summed E-state index contributed by atoms with van der Waals surface area (Å²) < 4.78 is 0. The molecule has 2 rings (SSSR count). The zero-order valence-electron chi connectivity index (χ0n) is 11.6. The second kappa shape index (κ2) is 6.17. The van der Waals surface area contributed by atoms with Crippen molar-refractivity contribution in [2.45, 2.75) is 32.4 Å². The zero-order valence-corrected chi connectivity index (χ0v) is 11.6. The lowest BCUT2D eigenvalue weighted by atomic mass is 10.0. The van der Waals surface area contributed by atoms with Crippen molar-refractivity contribution in [3.63, 3.8) is 0 Å². The Morgan fingerprint density at radius 2 is 2.26 bits per heavy atom. The first-order valence-corrected chi connectivity index (χ1v) is 6.81. The smallest absolute Gasteiger partial charge is 0.234 e. The van der Waals surface area contributed by atoms with E-state index < -0.39 is 0 Å². The largest absolute Gasteiger partial charge is 0.392 e. The fourth-order valence-corrected chi connectivity index (χ4v) is 2.60. The molecular weight excluding hydrogens is 240 g/mol. The van der Waals surface area contributed by atoms with E-state index in [9.17, 15) is 9.90 Å². The molecule has 0 radical (unpaired) electrons. The summed E-state index contributed by atoms with van der Waals surface area (Å²) >= 11 is 0. The van der Waals surface area contributed by atoms with E-state index in [-0.39, 0.29) is 18.1 Å². The van der Waals surface area contributed by atoms with Gasteiger partial charge in [-0.05, 0) is 31.4 Å². The number of hydrogen-bond donors (Lipinski definition) is 2. The van der Waals surface area contributed by atoms with Crippen molar-refractivity contribution in [2.75, 3.05) is 19.6 Å². The van der Waals surface area contributed by atoms with Gasteiger partial charge in [-0.2, -0.15) is 0 Å². The number of likely N-dealkylation sites (tertiary alicyclic amines) is 1. The average Bonchev–Trinajstić information content (AvgIpc) is 2.74. The number of carbonyl (C=O) groups excluding carboxylic acids is 1. The molecule has 104 valence electrons. The topological polar surface area (TPSA) is 52.6 Å². The summed E-state index contributed by atoms with van der Waals surface area (Å²) in [6.07, 6.45) is 0.488. The van der Waals surface area contributed by atoms with E-state index in [4.69, 9.17) is 0 Å². The standard InChI is InChI=1S/C15H22N2O2/c1-11-5-3-4-6-14(11)12(2)16-15(19)10-17-8-7-13(18)9-17/h3-6,12-13,18H,7-10H2,1-2H3,(H,16,19). The SMILES string of the molecule is Cc1ccccc1C(C)NC(=O)CN1CCC(O)C1. The molecule has 1 amide bonds. The van der Waals surface area contributed by atoms with Crippen LogP contribution in [0.3, 0.4) is 0 Å². The monoisotopic (exact) mass is 262 g/mol. The van der Waals surface area contributed by atoms with Gasteiger partial charge >= 0.3 is 0 Å². The Balaban J connectivity index is 1.87. The van der Waals surface area contributed by atoms with Crippen LogP contribution in [0.15, 0.2) is 24.3 Å².